The minimum absolute atomic E-state index is 0. The first-order valence-electron chi connectivity index (χ1n) is 6.81. The van der Waals surface area contributed by atoms with E-state index in [2.05, 4.69) is 0 Å². The van der Waals surface area contributed by atoms with E-state index in [4.69, 9.17) is 26.8 Å². The molecule has 0 aromatic heterocycles. The van der Waals surface area contributed by atoms with Gasteiger partial charge in [-0.15, -0.1) is 12.4 Å². The lowest BCUT2D eigenvalue weighted by molar-refractivity contribution is 0.171. The highest BCUT2D eigenvalue weighted by molar-refractivity contribution is 7.89. The van der Waals surface area contributed by atoms with Gasteiger partial charge in [-0.3, -0.25) is 0 Å². The highest BCUT2D eigenvalue weighted by Crippen LogP contribution is 2.39. The van der Waals surface area contributed by atoms with Crippen molar-refractivity contribution in [2.75, 3.05) is 32.8 Å². The van der Waals surface area contributed by atoms with Crippen LogP contribution < -0.4 is 15.2 Å². The smallest absolute Gasteiger partial charge is 0.244 e. The van der Waals surface area contributed by atoms with Crippen molar-refractivity contribution in [2.45, 2.75) is 11.3 Å². The van der Waals surface area contributed by atoms with E-state index in [1.54, 1.807) is 0 Å². The lowest BCUT2D eigenvalue weighted by atomic mass is 10.1. The maximum absolute atomic E-state index is 12.7. The normalized spacial score (nSPS) is 21.5. The molecule has 0 bridgehead atoms. The van der Waals surface area contributed by atoms with Crippen molar-refractivity contribution in [1.82, 2.24) is 4.31 Å². The fraction of sp³-hybridized carbons (Fsp3) is 0.538. The summed E-state index contributed by atoms with van der Waals surface area (Å²) in [5, 5.41) is 0.149. The molecule has 1 aromatic rings. The highest BCUT2D eigenvalue weighted by atomic mass is 35.5. The number of hydrogen-bond donors (Lipinski definition) is 1. The number of sulfonamides is 1. The van der Waals surface area contributed by atoms with E-state index in [1.807, 2.05) is 0 Å². The summed E-state index contributed by atoms with van der Waals surface area (Å²) in [4.78, 5) is 0.0612. The van der Waals surface area contributed by atoms with Crippen LogP contribution >= 0.6 is 24.0 Å². The largest absolute Gasteiger partial charge is 0.486 e. The van der Waals surface area contributed by atoms with Gasteiger partial charge in [0.05, 0.1) is 5.02 Å². The maximum atomic E-state index is 12.7. The summed E-state index contributed by atoms with van der Waals surface area (Å²) in [6.45, 7) is 2.21. The molecule has 0 saturated carbocycles. The monoisotopic (exact) mass is 368 g/mol. The van der Waals surface area contributed by atoms with Gasteiger partial charge in [-0.1, -0.05) is 11.6 Å². The van der Waals surface area contributed by atoms with Crippen LogP contribution in [-0.4, -0.2) is 45.6 Å². The van der Waals surface area contributed by atoms with Gasteiger partial charge in [0.15, 0.2) is 11.5 Å². The summed E-state index contributed by atoms with van der Waals surface area (Å²) in [6.07, 6.45) is 0.776. The molecule has 3 rings (SSSR count). The Morgan fingerprint density at radius 3 is 2.50 bits per heavy atom. The lowest BCUT2D eigenvalue weighted by Crippen LogP contribution is -2.30. The Bertz CT molecular complexity index is 654. The first-order chi connectivity index (χ1) is 10.0. The van der Waals surface area contributed by atoms with Crippen LogP contribution in [0.1, 0.15) is 6.42 Å². The van der Waals surface area contributed by atoms with Crippen LogP contribution in [-0.2, 0) is 10.0 Å². The molecule has 0 amide bonds. The van der Waals surface area contributed by atoms with E-state index >= 15 is 0 Å². The molecule has 2 N–H and O–H groups in total. The van der Waals surface area contributed by atoms with Crippen molar-refractivity contribution in [2.24, 2.45) is 11.7 Å². The second kappa shape index (κ2) is 6.80. The number of nitrogens with two attached hydrogens (primary N) is 1. The van der Waals surface area contributed by atoms with Crippen molar-refractivity contribution in [1.29, 1.82) is 0 Å². The molecule has 1 saturated heterocycles. The van der Waals surface area contributed by atoms with E-state index < -0.39 is 10.0 Å². The molecule has 2 aliphatic rings. The number of halogens is 2. The van der Waals surface area contributed by atoms with Gasteiger partial charge in [0.1, 0.15) is 18.1 Å². The number of nitrogens with zero attached hydrogens (tertiary/aromatic N) is 1. The van der Waals surface area contributed by atoms with Crippen LogP contribution in [0.5, 0.6) is 11.5 Å². The molecule has 0 spiro atoms. The second-order valence-corrected chi connectivity index (χ2v) is 7.49. The predicted octanol–water partition coefficient (Wildman–Crippen LogP) is 1.50. The van der Waals surface area contributed by atoms with Crippen molar-refractivity contribution >= 4 is 34.0 Å². The molecule has 6 nitrogen and oxygen atoms in total. The maximum Gasteiger partial charge on any atom is 0.244 e. The summed E-state index contributed by atoms with van der Waals surface area (Å²) in [5.41, 5.74) is 5.61. The molecular weight excluding hydrogens is 351 g/mol. The van der Waals surface area contributed by atoms with Crippen LogP contribution in [0.3, 0.4) is 0 Å². The Kier molecular flexibility index (Phi) is 5.45. The van der Waals surface area contributed by atoms with Gasteiger partial charge < -0.3 is 15.2 Å². The zero-order chi connectivity index (χ0) is 15.0. The average Bonchev–Trinajstić information content (AvgIpc) is 2.96. The third-order valence-corrected chi connectivity index (χ3v) is 6.13. The zero-order valence-corrected chi connectivity index (χ0v) is 14.2. The number of hydrogen-bond acceptors (Lipinski definition) is 5. The minimum atomic E-state index is -3.64. The highest BCUT2D eigenvalue weighted by Gasteiger charge is 2.34. The molecule has 9 heteroatoms. The fourth-order valence-electron chi connectivity index (χ4n) is 2.59. The molecule has 1 unspecified atom stereocenters. The molecule has 0 radical (unpaired) electrons. The van der Waals surface area contributed by atoms with Gasteiger partial charge in [-0.25, -0.2) is 8.42 Å². The Morgan fingerprint density at radius 2 is 1.91 bits per heavy atom. The number of fused-ring (bicyclic) bond motifs is 1. The Hall–Kier alpha value is -0.730. The predicted molar refractivity (Wildman–Crippen MR) is 85.6 cm³/mol. The Balaban J connectivity index is 0.00000176. The molecule has 0 aliphatic carbocycles. The van der Waals surface area contributed by atoms with E-state index in [0.29, 0.717) is 44.3 Å². The number of rotatable bonds is 3. The van der Waals surface area contributed by atoms with Gasteiger partial charge >= 0.3 is 0 Å². The van der Waals surface area contributed by atoms with E-state index in [0.717, 1.165) is 6.42 Å². The molecule has 1 fully saturated rings. The van der Waals surface area contributed by atoms with Crippen LogP contribution in [0.2, 0.25) is 5.02 Å². The summed E-state index contributed by atoms with van der Waals surface area (Å²) in [6, 6.07) is 2.95. The standard InChI is InChI=1S/C13H17ClN2O4S.ClH/c14-10-5-11-12(20-4-3-19-11)6-13(10)21(17,18)16-2-1-9(7-15)8-16;/h5-6,9H,1-4,7-8,15H2;1H. The molecule has 1 atom stereocenters. The first kappa shape index (κ1) is 17.6. The van der Waals surface area contributed by atoms with Crippen molar-refractivity contribution in [3.05, 3.63) is 17.2 Å². The third kappa shape index (κ3) is 3.14. The zero-order valence-electron chi connectivity index (χ0n) is 11.8. The average molecular weight is 369 g/mol. The van der Waals surface area contributed by atoms with Gasteiger partial charge in [-0.05, 0) is 18.9 Å². The molecule has 1 aromatic carbocycles. The summed E-state index contributed by atoms with van der Waals surface area (Å²) in [5.74, 6) is 1.10. The van der Waals surface area contributed by atoms with Gasteiger partial charge in [0.2, 0.25) is 10.0 Å². The number of benzene rings is 1. The number of ether oxygens (including phenoxy) is 2. The van der Waals surface area contributed by atoms with Crippen LogP contribution in [0.25, 0.3) is 0 Å². The summed E-state index contributed by atoms with van der Waals surface area (Å²) >= 11 is 6.13. The van der Waals surface area contributed by atoms with Gasteiger partial charge in [0, 0.05) is 25.2 Å². The Labute approximate surface area is 141 Å². The molecule has 22 heavy (non-hydrogen) atoms. The van der Waals surface area contributed by atoms with Crippen LogP contribution in [0.15, 0.2) is 17.0 Å². The second-order valence-electron chi connectivity index (χ2n) is 5.18. The van der Waals surface area contributed by atoms with Gasteiger partial charge in [-0.2, -0.15) is 4.31 Å². The van der Waals surface area contributed by atoms with Crippen molar-refractivity contribution < 1.29 is 17.9 Å². The van der Waals surface area contributed by atoms with E-state index in [9.17, 15) is 8.42 Å². The Morgan fingerprint density at radius 1 is 1.27 bits per heavy atom. The van der Waals surface area contributed by atoms with Crippen LogP contribution in [0, 0.1) is 5.92 Å². The van der Waals surface area contributed by atoms with Crippen molar-refractivity contribution in [3.63, 3.8) is 0 Å². The summed E-state index contributed by atoms with van der Waals surface area (Å²) in [7, 11) is -3.64. The van der Waals surface area contributed by atoms with E-state index in [-0.39, 0.29) is 28.2 Å². The quantitative estimate of drug-likeness (QED) is 0.873. The molecular formula is C13H18Cl2N2O4S. The topological polar surface area (TPSA) is 81.9 Å². The fourth-order valence-corrected chi connectivity index (χ4v) is 4.63. The van der Waals surface area contributed by atoms with Crippen LogP contribution in [0.4, 0.5) is 0 Å². The SMILES string of the molecule is Cl.NCC1CCN(S(=O)(=O)c2cc3c(cc2Cl)OCCO3)C1. The molecule has 2 heterocycles. The summed E-state index contributed by atoms with van der Waals surface area (Å²) < 4.78 is 37.7. The minimum Gasteiger partial charge on any atom is -0.486 e. The van der Waals surface area contributed by atoms with Gasteiger partial charge in [0.25, 0.3) is 0 Å². The van der Waals surface area contributed by atoms with E-state index in [1.165, 1.54) is 16.4 Å². The third-order valence-electron chi connectivity index (χ3n) is 3.80. The molecule has 124 valence electrons. The molecule has 2 aliphatic heterocycles. The lowest BCUT2D eigenvalue weighted by Gasteiger charge is -2.22. The first-order valence-corrected chi connectivity index (χ1v) is 8.63. The van der Waals surface area contributed by atoms with Crippen molar-refractivity contribution in [3.8, 4) is 11.5 Å².